The lowest BCUT2D eigenvalue weighted by molar-refractivity contribution is 0.100. The molecular weight excluding hydrogens is 233 g/mol. The number of amides is 1. The third-order valence-electron chi connectivity index (χ3n) is 3.98. The summed E-state index contributed by atoms with van der Waals surface area (Å²) in [4.78, 5) is 13.6. The number of rotatable bonds is 2. The van der Waals surface area contributed by atoms with Crippen LogP contribution >= 0.6 is 0 Å². The van der Waals surface area contributed by atoms with Crippen molar-refractivity contribution in [1.82, 2.24) is 5.32 Å². The number of nitrogens with one attached hydrogen (secondary N) is 1. The number of benzene rings is 1. The molecule has 0 saturated carbocycles. The normalized spacial score (nSPS) is 26.4. The Hall–Kier alpha value is -1.62. The number of nitrogens with zero attached hydrogens (tertiary/aromatic N) is 1. The summed E-state index contributed by atoms with van der Waals surface area (Å²) < 4.78 is 13.2. The van der Waals surface area contributed by atoms with Crippen LogP contribution in [0.1, 0.15) is 16.8 Å². The van der Waals surface area contributed by atoms with Gasteiger partial charge in [0.25, 0.3) is 5.91 Å². The lowest BCUT2D eigenvalue weighted by Crippen LogP contribution is -2.35. The molecule has 3 rings (SSSR count). The molecule has 1 aromatic carbocycles. The number of primary amides is 1. The zero-order valence-corrected chi connectivity index (χ0v) is 10.0. The predicted molar refractivity (Wildman–Crippen MR) is 67.0 cm³/mol. The molecule has 1 amide bonds. The van der Waals surface area contributed by atoms with Crippen molar-refractivity contribution in [3.05, 3.63) is 29.6 Å². The summed E-state index contributed by atoms with van der Waals surface area (Å²) in [5.41, 5.74) is 6.38. The molecule has 0 radical (unpaired) electrons. The molecule has 3 N–H and O–H groups in total. The van der Waals surface area contributed by atoms with E-state index in [4.69, 9.17) is 5.73 Å². The first-order chi connectivity index (χ1) is 8.66. The molecule has 1 aromatic rings. The SMILES string of the molecule is NC(=O)c1cc(F)ccc1N1CC[C@H]2CNC[C@H]21. The Morgan fingerprint density at radius 1 is 1.44 bits per heavy atom. The minimum absolute atomic E-state index is 0.280. The van der Waals surface area contributed by atoms with E-state index in [9.17, 15) is 9.18 Å². The lowest BCUT2D eigenvalue weighted by atomic mass is 10.0. The number of hydrogen-bond acceptors (Lipinski definition) is 3. The highest BCUT2D eigenvalue weighted by atomic mass is 19.1. The van der Waals surface area contributed by atoms with Gasteiger partial charge in [0, 0.05) is 25.7 Å². The van der Waals surface area contributed by atoms with Crippen molar-refractivity contribution in [3.8, 4) is 0 Å². The van der Waals surface area contributed by atoms with Gasteiger partial charge in [-0.1, -0.05) is 0 Å². The number of fused-ring (bicyclic) bond motifs is 1. The van der Waals surface area contributed by atoms with E-state index in [2.05, 4.69) is 10.2 Å². The minimum Gasteiger partial charge on any atom is -0.366 e. The topological polar surface area (TPSA) is 58.4 Å². The summed E-state index contributed by atoms with van der Waals surface area (Å²) in [6.07, 6.45) is 1.10. The quantitative estimate of drug-likeness (QED) is 0.812. The van der Waals surface area contributed by atoms with Gasteiger partial charge in [-0.25, -0.2) is 4.39 Å². The van der Waals surface area contributed by atoms with E-state index >= 15 is 0 Å². The Kier molecular flexibility index (Phi) is 2.70. The van der Waals surface area contributed by atoms with Gasteiger partial charge in [0.15, 0.2) is 0 Å². The fourth-order valence-electron chi connectivity index (χ4n) is 3.10. The molecule has 18 heavy (non-hydrogen) atoms. The molecule has 2 fully saturated rings. The van der Waals surface area contributed by atoms with E-state index in [1.165, 1.54) is 12.1 Å². The number of carbonyl (C=O) groups is 1. The zero-order chi connectivity index (χ0) is 12.7. The van der Waals surface area contributed by atoms with Gasteiger partial charge in [0.05, 0.1) is 11.3 Å². The Balaban J connectivity index is 1.99. The third-order valence-corrected chi connectivity index (χ3v) is 3.98. The van der Waals surface area contributed by atoms with Gasteiger partial charge in [-0.2, -0.15) is 0 Å². The van der Waals surface area contributed by atoms with Gasteiger partial charge in [-0.15, -0.1) is 0 Å². The van der Waals surface area contributed by atoms with E-state index in [0.29, 0.717) is 12.0 Å². The maximum absolute atomic E-state index is 13.2. The fraction of sp³-hybridized carbons (Fsp3) is 0.462. The highest BCUT2D eigenvalue weighted by Gasteiger charge is 2.38. The first-order valence-electron chi connectivity index (χ1n) is 6.23. The smallest absolute Gasteiger partial charge is 0.250 e. The molecule has 2 aliphatic heterocycles. The molecule has 0 bridgehead atoms. The maximum Gasteiger partial charge on any atom is 0.250 e. The summed E-state index contributed by atoms with van der Waals surface area (Å²) in [6.45, 7) is 2.84. The molecule has 96 valence electrons. The van der Waals surface area contributed by atoms with Crippen LogP contribution in [0.4, 0.5) is 10.1 Å². The van der Waals surface area contributed by atoms with Crippen LogP contribution in [0.2, 0.25) is 0 Å². The standard InChI is InChI=1S/C13H16FN3O/c14-9-1-2-11(10(5-9)13(15)18)17-4-3-8-6-16-7-12(8)17/h1-2,5,8,12,16H,3-4,6-7H2,(H2,15,18)/t8-,12+/m0/s1. The summed E-state index contributed by atoms with van der Waals surface area (Å²) in [5, 5.41) is 3.35. The Morgan fingerprint density at radius 2 is 2.28 bits per heavy atom. The van der Waals surface area contributed by atoms with Crippen LogP contribution in [0.3, 0.4) is 0 Å². The van der Waals surface area contributed by atoms with Crippen molar-refractivity contribution in [2.24, 2.45) is 11.7 Å². The third kappa shape index (κ3) is 1.75. The second-order valence-electron chi connectivity index (χ2n) is 4.99. The molecule has 2 aliphatic rings. The largest absolute Gasteiger partial charge is 0.366 e. The van der Waals surface area contributed by atoms with Gasteiger partial charge in [-0.05, 0) is 30.5 Å². The molecule has 0 aromatic heterocycles. The molecule has 2 atom stereocenters. The molecule has 2 saturated heterocycles. The molecular formula is C13H16FN3O. The van der Waals surface area contributed by atoms with Crippen LogP contribution in [0, 0.1) is 11.7 Å². The van der Waals surface area contributed by atoms with Crippen molar-refractivity contribution in [1.29, 1.82) is 0 Å². The summed E-state index contributed by atoms with van der Waals surface area (Å²) in [6, 6.07) is 4.68. The van der Waals surface area contributed by atoms with Crippen LogP contribution < -0.4 is 16.0 Å². The number of nitrogens with two attached hydrogens (primary N) is 1. The number of halogens is 1. The molecule has 0 aliphatic carbocycles. The second kappa shape index (κ2) is 4.24. The van der Waals surface area contributed by atoms with E-state index in [1.54, 1.807) is 6.07 Å². The van der Waals surface area contributed by atoms with Gasteiger partial charge in [0.1, 0.15) is 5.82 Å². The van der Waals surface area contributed by atoms with Crippen LogP contribution in [-0.4, -0.2) is 31.6 Å². The Labute approximate surface area is 105 Å². The van der Waals surface area contributed by atoms with Crippen molar-refractivity contribution in [3.63, 3.8) is 0 Å². The predicted octanol–water partition coefficient (Wildman–Crippen LogP) is 0.723. The molecule has 2 heterocycles. The summed E-state index contributed by atoms with van der Waals surface area (Å²) >= 11 is 0. The van der Waals surface area contributed by atoms with E-state index in [-0.39, 0.29) is 5.56 Å². The highest BCUT2D eigenvalue weighted by Crippen LogP contribution is 2.34. The van der Waals surface area contributed by atoms with Gasteiger partial charge >= 0.3 is 0 Å². The Morgan fingerprint density at radius 3 is 3.06 bits per heavy atom. The average molecular weight is 249 g/mol. The molecule has 5 heteroatoms. The molecule has 0 spiro atoms. The highest BCUT2D eigenvalue weighted by molar-refractivity contribution is 5.98. The van der Waals surface area contributed by atoms with Gasteiger partial charge < -0.3 is 16.0 Å². The Bertz CT molecular complexity index is 491. The van der Waals surface area contributed by atoms with Crippen LogP contribution in [-0.2, 0) is 0 Å². The zero-order valence-electron chi connectivity index (χ0n) is 10.0. The fourth-order valence-corrected chi connectivity index (χ4v) is 3.10. The van der Waals surface area contributed by atoms with Crippen molar-refractivity contribution < 1.29 is 9.18 Å². The summed E-state index contributed by atoms with van der Waals surface area (Å²) in [7, 11) is 0. The van der Waals surface area contributed by atoms with Gasteiger partial charge in [0.2, 0.25) is 0 Å². The number of carbonyl (C=O) groups excluding carboxylic acids is 1. The number of anilines is 1. The van der Waals surface area contributed by atoms with E-state index in [0.717, 1.165) is 31.7 Å². The van der Waals surface area contributed by atoms with Crippen molar-refractivity contribution >= 4 is 11.6 Å². The van der Waals surface area contributed by atoms with E-state index < -0.39 is 11.7 Å². The monoisotopic (exact) mass is 249 g/mol. The van der Waals surface area contributed by atoms with Crippen LogP contribution in [0.25, 0.3) is 0 Å². The molecule has 0 unspecified atom stereocenters. The van der Waals surface area contributed by atoms with Crippen molar-refractivity contribution in [2.45, 2.75) is 12.5 Å². The summed E-state index contributed by atoms with van der Waals surface area (Å²) in [5.74, 6) is -0.373. The van der Waals surface area contributed by atoms with Gasteiger partial charge in [-0.3, -0.25) is 4.79 Å². The second-order valence-corrected chi connectivity index (χ2v) is 4.99. The van der Waals surface area contributed by atoms with E-state index in [1.807, 2.05) is 0 Å². The van der Waals surface area contributed by atoms with Crippen LogP contribution in [0.5, 0.6) is 0 Å². The maximum atomic E-state index is 13.2. The minimum atomic E-state index is -0.570. The first kappa shape index (κ1) is 11.5. The first-order valence-corrected chi connectivity index (χ1v) is 6.23. The number of hydrogen-bond donors (Lipinski definition) is 2. The average Bonchev–Trinajstić information content (AvgIpc) is 2.91. The lowest BCUT2D eigenvalue weighted by Gasteiger charge is -2.27. The van der Waals surface area contributed by atoms with Crippen LogP contribution in [0.15, 0.2) is 18.2 Å². The molecule has 4 nitrogen and oxygen atoms in total. The van der Waals surface area contributed by atoms with Crippen molar-refractivity contribution in [2.75, 3.05) is 24.5 Å².